The van der Waals surface area contributed by atoms with E-state index in [4.69, 9.17) is 10.2 Å². The van der Waals surface area contributed by atoms with E-state index in [2.05, 4.69) is 4.98 Å². The lowest BCUT2D eigenvalue weighted by atomic mass is 10.3. The fourth-order valence-electron chi connectivity index (χ4n) is 0.743. The lowest BCUT2D eigenvalue weighted by molar-refractivity contribution is 0.433. The molecule has 3 nitrogen and oxygen atoms in total. The Bertz CT molecular complexity index is 235. The molecule has 3 heteroatoms. The molecule has 0 radical (unpaired) electrons. The summed E-state index contributed by atoms with van der Waals surface area (Å²) in [5.41, 5.74) is 0.528. The Balaban J connectivity index is 3.09. The van der Waals surface area contributed by atoms with E-state index in [9.17, 15) is 0 Å². The number of aromatic nitrogens is 1. The van der Waals surface area contributed by atoms with Gasteiger partial charge in [0.1, 0.15) is 5.75 Å². The summed E-state index contributed by atoms with van der Waals surface area (Å²) in [6.07, 6.45) is 0.625. The van der Waals surface area contributed by atoms with Crippen LogP contribution in [0.15, 0.2) is 12.1 Å². The molecule has 0 spiro atoms. The molecule has 0 atom stereocenters. The van der Waals surface area contributed by atoms with Gasteiger partial charge >= 0.3 is 0 Å². The molecule has 0 aliphatic heterocycles. The summed E-state index contributed by atoms with van der Waals surface area (Å²) in [7, 11) is 0. The van der Waals surface area contributed by atoms with E-state index >= 15 is 0 Å². The first-order valence-corrected chi connectivity index (χ1v) is 3.12. The number of aryl methyl sites for hydroxylation is 1. The second-order valence-electron chi connectivity index (χ2n) is 1.99. The van der Waals surface area contributed by atoms with E-state index in [0.29, 0.717) is 12.1 Å². The second-order valence-corrected chi connectivity index (χ2v) is 1.99. The molecule has 2 N–H and O–H groups in total. The van der Waals surface area contributed by atoms with Crippen LogP contribution in [0.3, 0.4) is 0 Å². The highest BCUT2D eigenvalue weighted by Crippen LogP contribution is 2.17. The maximum absolute atomic E-state index is 9.06. The van der Waals surface area contributed by atoms with Crippen LogP contribution in [0.2, 0.25) is 0 Å². The van der Waals surface area contributed by atoms with Crippen molar-refractivity contribution in [3.8, 4) is 11.6 Å². The molecular weight excluding hydrogens is 130 g/mol. The van der Waals surface area contributed by atoms with Crippen LogP contribution < -0.4 is 0 Å². The van der Waals surface area contributed by atoms with Gasteiger partial charge in [-0.1, -0.05) is 6.92 Å². The first kappa shape index (κ1) is 6.86. The Kier molecular flexibility index (Phi) is 1.76. The van der Waals surface area contributed by atoms with Crippen LogP contribution in [-0.4, -0.2) is 15.2 Å². The standard InChI is InChI=1S/C7H9NO2/c1-2-5-6(9)3-4-7(10)8-5/h3-4,9H,2H2,1H3,(H,8,10). The minimum atomic E-state index is -0.0466. The van der Waals surface area contributed by atoms with Crippen molar-refractivity contribution in [2.24, 2.45) is 0 Å². The van der Waals surface area contributed by atoms with Crippen molar-refractivity contribution in [3.63, 3.8) is 0 Å². The van der Waals surface area contributed by atoms with E-state index in [1.165, 1.54) is 12.1 Å². The molecule has 54 valence electrons. The summed E-state index contributed by atoms with van der Waals surface area (Å²) < 4.78 is 0. The van der Waals surface area contributed by atoms with Crippen LogP contribution in [-0.2, 0) is 6.42 Å². The highest BCUT2D eigenvalue weighted by atomic mass is 16.3. The molecular formula is C7H9NO2. The fraction of sp³-hybridized carbons (Fsp3) is 0.286. The van der Waals surface area contributed by atoms with Gasteiger partial charge in [-0.25, -0.2) is 4.98 Å². The summed E-state index contributed by atoms with van der Waals surface area (Å²) in [6, 6.07) is 2.79. The Labute approximate surface area is 59.0 Å². The Morgan fingerprint density at radius 1 is 1.40 bits per heavy atom. The van der Waals surface area contributed by atoms with Crippen molar-refractivity contribution in [1.29, 1.82) is 0 Å². The third-order valence-electron chi connectivity index (χ3n) is 1.27. The summed E-state index contributed by atoms with van der Waals surface area (Å²) in [6.45, 7) is 1.86. The van der Waals surface area contributed by atoms with Crippen LogP contribution in [0.4, 0.5) is 0 Å². The number of hydrogen-bond acceptors (Lipinski definition) is 3. The maximum atomic E-state index is 9.06. The Hall–Kier alpha value is -1.25. The zero-order chi connectivity index (χ0) is 7.56. The molecule has 0 bridgehead atoms. The second kappa shape index (κ2) is 2.56. The molecule has 0 saturated heterocycles. The highest BCUT2D eigenvalue weighted by Gasteiger charge is 1.99. The average Bonchev–Trinajstić information content (AvgIpc) is 1.94. The zero-order valence-electron chi connectivity index (χ0n) is 5.70. The highest BCUT2D eigenvalue weighted by molar-refractivity contribution is 5.29. The van der Waals surface area contributed by atoms with Crippen LogP contribution in [0, 0.1) is 0 Å². The smallest absolute Gasteiger partial charge is 0.211 e. The lowest BCUT2D eigenvalue weighted by Gasteiger charge is -1.98. The van der Waals surface area contributed by atoms with Gasteiger partial charge in [-0.2, -0.15) is 0 Å². The van der Waals surface area contributed by atoms with Crippen LogP contribution in [0.25, 0.3) is 0 Å². The molecule has 1 heterocycles. The molecule has 0 amide bonds. The van der Waals surface area contributed by atoms with Crippen molar-refractivity contribution >= 4 is 0 Å². The van der Waals surface area contributed by atoms with Crippen molar-refractivity contribution in [3.05, 3.63) is 17.8 Å². The van der Waals surface area contributed by atoms with Gasteiger partial charge in [-0.15, -0.1) is 0 Å². The number of rotatable bonds is 1. The molecule has 10 heavy (non-hydrogen) atoms. The molecule has 0 fully saturated rings. The van der Waals surface area contributed by atoms with Crippen LogP contribution >= 0.6 is 0 Å². The van der Waals surface area contributed by atoms with Gasteiger partial charge in [0.15, 0.2) is 0 Å². The predicted molar refractivity (Wildman–Crippen MR) is 36.9 cm³/mol. The Morgan fingerprint density at radius 2 is 2.10 bits per heavy atom. The molecule has 0 aliphatic carbocycles. The number of pyridine rings is 1. The minimum Gasteiger partial charge on any atom is -0.506 e. The number of aromatic hydroxyl groups is 2. The fourth-order valence-corrected chi connectivity index (χ4v) is 0.743. The van der Waals surface area contributed by atoms with Crippen molar-refractivity contribution < 1.29 is 10.2 Å². The van der Waals surface area contributed by atoms with E-state index in [1.54, 1.807) is 0 Å². The summed E-state index contributed by atoms with van der Waals surface area (Å²) in [5, 5.41) is 17.9. The molecule has 0 aromatic carbocycles. The molecule has 1 rings (SSSR count). The van der Waals surface area contributed by atoms with Gasteiger partial charge in [0.25, 0.3) is 0 Å². The van der Waals surface area contributed by atoms with E-state index in [-0.39, 0.29) is 11.6 Å². The number of nitrogens with zero attached hydrogens (tertiary/aromatic N) is 1. The van der Waals surface area contributed by atoms with Gasteiger partial charge < -0.3 is 10.2 Å². The van der Waals surface area contributed by atoms with Gasteiger partial charge in [0.2, 0.25) is 5.88 Å². The zero-order valence-corrected chi connectivity index (χ0v) is 5.70. The van der Waals surface area contributed by atoms with Crippen molar-refractivity contribution in [1.82, 2.24) is 4.98 Å². The van der Waals surface area contributed by atoms with Gasteiger partial charge in [-0.05, 0) is 12.5 Å². The summed E-state index contributed by atoms with van der Waals surface area (Å²) in [5.74, 6) is 0.0925. The SMILES string of the molecule is CCc1nc(O)ccc1O. The lowest BCUT2D eigenvalue weighted by Crippen LogP contribution is -1.86. The Morgan fingerprint density at radius 3 is 2.60 bits per heavy atom. The minimum absolute atomic E-state index is 0.0466. The van der Waals surface area contributed by atoms with E-state index in [0.717, 1.165) is 0 Å². The largest absolute Gasteiger partial charge is 0.506 e. The van der Waals surface area contributed by atoms with Gasteiger partial charge in [0, 0.05) is 6.07 Å². The predicted octanol–water partition coefficient (Wildman–Crippen LogP) is 1.06. The maximum Gasteiger partial charge on any atom is 0.211 e. The summed E-state index contributed by atoms with van der Waals surface area (Å²) >= 11 is 0. The van der Waals surface area contributed by atoms with E-state index < -0.39 is 0 Å². The topological polar surface area (TPSA) is 53.4 Å². The first-order chi connectivity index (χ1) is 4.74. The molecule has 1 aromatic rings. The summed E-state index contributed by atoms with van der Waals surface area (Å²) in [4.78, 5) is 3.70. The molecule has 0 unspecified atom stereocenters. The first-order valence-electron chi connectivity index (χ1n) is 3.12. The van der Waals surface area contributed by atoms with Crippen molar-refractivity contribution in [2.75, 3.05) is 0 Å². The molecule has 0 aliphatic rings. The quantitative estimate of drug-likeness (QED) is 0.611. The van der Waals surface area contributed by atoms with E-state index in [1.807, 2.05) is 6.92 Å². The monoisotopic (exact) mass is 139 g/mol. The third kappa shape index (κ3) is 1.18. The van der Waals surface area contributed by atoms with Crippen LogP contribution in [0.1, 0.15) is 12.6 Å². The molecule has 0 saturated carbocycles. The van der Waals surface area contributed by atoms with Gasteiger partial charge in [-0.3, -0.25) is 0 Å². The average molecular weight is 139 g/mol. The molecule has 1 aromatic heterocycles. The normalized spacial score (nSPS) is 9.70. The number of hydrogen-bond donors (Lipinski definition) is 2. The van der Waals surface area contributed by atoms with Crippen LogP contribution in [0.5, 0.6) is 11.6 Å². The van der Waals surface area contributed by atoms with Crippen molar-refractivity contribution in [2.45, 2.75) is 13.3 Å². The third-order valence-corrected chi connectivity index (χ3v) is 1.27. The van der Waals surface area contributed by atoms with Gasteiger partial charge in [0.05, 0.1) is 5.69 Å².